The summed E-state index contributed by atoms with van der Waals surface area (Å²) in [6, 6.07) is 19.3. The van der Waals surface area contributed by atoms with Crippen molar-refractivity contribution in [3.8, 4) is 0 Å². The maximum atomic E-state index is 12.3. The molecule has 8 nitrogen and oxygen atoms in total. The first-order chi connectivity index (χ1) is 15.0. The highest BCUT2D eigenvalue weighted by molar-refractivity contribution is 7.99. The van der Waals surface area contributed by atoms with Gasteiger partial charge in [0.2, 0.25) is 11.9 Å². The third-order valence-electron chi connectivity index (χ3n) is 4.24. The molecule has 0 bridgehead atoms. The summed E-state index contributed by atoms with van der Waals surface area (Å²) in [5, 5.41) is 13.6. The fourth-order valence-electron chi connectivity index (χ4n) is 2.80. The summed E-state index contributed by atoms with van der Waals surface area (Å²) >= 11 is 1.46. The van der Waals surface area contributed by atoms with E-state index < -0.39 is 0 Å². The Bertz CT molecular complexity index is 1180. The molecule has 0 atom stereocenters. The second kappa shape index (κ2) is 9.40. The molecule has 2 aromatic heterocycles. The molecule has 31 heavy (non-hydrogen) atoms. The van der Waals surface area contributed by atoms with Crippen LogP contribution in [0.25, 0.3) is 0 Å². The fraction of sp³-hybridized carbons (Fsp3) is 0.136. The van der Waals surface area contributed by atoms with Gasteiger partial charge in [-0.05, 0) is 49.9 Å². The zero-order valence-electron chi connectivity index (χ0n) is 17.1. The van der Waals surface area contributed by atoms with Gasteiger partial charge in [-0.2, -0.15) is 15.1 Å². The summed E-state index contributed by atoms with van der Waals surface area (Å²) in [6.07, 6.45) is 0.174. The van der Waals surface area contributed by atoms with Crippen molar-refractivity contribution in [2.45, 2.75) is 30.3 Å². The molecule has 0 aliphatic carbocycles. The number of benzene rings is 2. The van der Waals surface area contributed by atoms with E-state index in [1.807, 2.05) is 68.4 Å². The van der Waals surface area contributed by atoms with Crippen LogP contribution in [0.5, 0.6) is 0 Å². The van der Waals surface area contributed by atoms with E-state index in [1.54, 1.807) is 6.07 Å². The number of amides is 1. The Hall–Kier alpha value is -3.72. The van der Waals surface area contributed by atoms with Gasteiger partial charge in [0.1, 0.15) is 5.82 Å². The number of rotatable bonds is 7. The molecular formula is C22H21N7OS. The summed E-state index contributed by atoms with van der Waals surface area (Å²) in [6.45, 7) is 3.81. The van der Waals surface area contributed by atoms with Crippen molar-refractivity contribution < 1.29 is 4.79 Å². The predicted molar refractivity (Wildman–Crippen MR) is 121 cm³/mol. The number of hydrogen-bond acceptors (Lipinski definition) is 7. The molecule has 0 aliphatic heterocycles. The van der Waals surface area contributed by atoms with E-state index in [9.17, 15) is 4.79 Å². The Morgan fingerprint density at radius 3 is 2.55 bits per heavy atom. The number of hydrogen-bond donors (Lipinski definition) is 3. The number of nitrogens with zero attached hydrogens (tertiary/aromatic N) is 4. The Labute approximate surface area is 184 Å². The summed E-state index contributed by atoms with van der Waals surface area (Å²) in [5.74, 6) is 1.40. The topological polar surface area (TPSA) is 108 Å². The van der Waals surface area contributed by atoms with Crippen LogP contribution in [-0.4, -0.2) is 31.1 Å². The molecule has 0 fully saturated rings. The van der Waals surface area contributed by atoms with Gasteiger partial charge in [0.25, 0.3) is 0 Å². The smallest absolute Gasteiger partial charge is 0.232 e. The lowest BCUT2D eigenvalue weighted by atomic mass is 10.2. The van der Waals surface area contributed by atoms with Crippen molar-refractivity contribution >= 4 is 35.1 Å². The van der Waals surface area contributed by atoms with Crippen LogP contribution in [0.3, 0.4) is 0 Å². The molecule has 9 heteroatoms. The van der Waals surface area contributed by atoms with Gasteiger partial charge in [-0.25, -0.2) is 4.98 Å². The van der Waals surface area contributed by atoms with Crippen molar-refractivity contribution in [3.05, 3.63) is 77.7 Å². The van der Waals surface area contributed by atoms with Gasteiger partial charge in [0.05, 0.1) is 6.42 Å². The number of aryl methyl sites for hydroxylation is 2. The number of carbonyl (C=O) groups excluding carboxylic acids is 1. The number of H-pyrrole nitrogens is 1. The molecule has 0 unspecified atom stereocenters. The zero-order chi connectivity index (χ0) is 21.6. The monoisotopic (exact) mass is 431 g/mol. The molecule has 4 aromatic rings. The van der Waals surface area contributed by atoms with E-state index in [4.69, 9.17) is 0 Å². The molecule has 2 aromatic carbocycles. The summed E-state index contributed by atoms with van der Waals surface area (Å²) in [7, 11) is 0. The highest BCUT2D eigenvalue weighted by Crippen LogP contribution is 2.25. The molecule has 156 valence electrons. The van der Waals surface area contributed by atoms with Crippen LogP contribution in [0.1, 0.15) is 17.1 Å². The van der Waals surface area contributed by atoms with E-state index in [0.29, 0.717) is 28.4 Å². The summed E-state index contributed by atoms with van der Waals surface area (Å²) < 4.78 is 0. The number of carbonyl (C=O) groups is 1. The van der Waals surface area contributed by atoms with Gasteiger partial charge in [-0.3, -0.25) is 9.89 Å². The predicted octanol–water partition coefficient (Wildman–Crippen LogP) is 4.29. The first-order valence-electron chi connectivity index (χ1n) is 9.67. The van der Waals surface area contributed by atoms with Crippen LogP contribution < -0.4 is 10.6 Å². The molecule has 0 aliphatic rings. The van der Waals surface area contributed by atoms with Gasteiger partial charge in [-0.1, -0.05) is 35.9 Å². The van der Waals surface area contributed by atoms with E-state index in [0.717, 1.165) is 16.1 Å². The molecule has 0 radical (unpaired) electrons. The minimum atomic E-state index is -0.128. The molecular weight excluding hydrogens is 410 g/mol. The maximum Gasteiger partial charge on any atom is 0.232 e. The Kier molecular flexibility index (Phi) is 6.23. The van der Waals surface area contributed by atoms with E-state index >= 15 is 0 Å². The first kappa shape index (κ1) is 20.5. The minimum Gasteiger partial charge on any atom is -0.326 e. The van der Waals surface area contributed by atoms with E-state index in [-0.39, 0.29) is 12.3 Å². The molecule has 4 rings (SSSR count). The normalized spacial score (nSPS) is 10.6. The highest BCUT2D eigenvalue weighted by Gasteiger charge is 2.10. The number of aromatic amines is 1. The van der Waals surface area contributed by atoms with Crippen LogP contribution in [0.2, 0.25) is 0 Å². The van der Waals surface area contributed by atoms with E-state index in [1.165, 1.54) is 11.8 Å². The lowest BCUT2D eigenvalue weighted by Gasteiger charge is -2.05. The lowest BCUT2D eigenvalue weighted by molar-refractivity contribution is -0.115. The molecule has 3 N–H and O–H groups in total. The number of aromatic nitrogens is 5. The van der Waals surface area contributed by atoms with Crippen molar-refractivity contribution in [1.82, 2.24) is 25.1 Å². The number of nitrogens with one attached hydrogen (secondary N) is 3. The van der Waals surface area contributed by atoms with Crippen LogP contribution in [-0.2, 0) is 11.2 Å². The van der Waals surface area contributed by atoms with Crippen molar-refractivity contribution in [2.24, 2.45) is 0 Å². The Morgan fingerprint density at radius 1 is 1.00 bits per heavy atom. The minimum absolute atomic E-state index is 0.128. The quantitative estimate of drug-likeness (QED) is 0.401. The standard InChI is InChI=1S/C22H21N7OS/c1-14-8-10-16(11-9-14)25-20(30)13-17-12-19(29-28-17)26-21-23-15(2)24-22(27-21)31-18-6-4-3-5-7-18/h3-12H,13H2,1-2H3,(H,25,30)(H2,23,24,26,27,28,29). The summed E-state index contributed by atoms with van der Waals surface area (Å²) in [4.78, 5) is 26.5. The largest absolute Gasteiger partial charge is 0.326 e. The van der Waals surface area contributed by atoms with Crippen molar-refractivity contribution in [1.29, 1.82) is 0 Å². The summed E-state index contributed by atoms with van der Waals surface area (Å²) in [5.41, 5.74) is 2.58. The molecule has 1 amide bonds. The van der Waals surface area contributed by atoms with Crippen LogP contribution in [0, 0.1) is 13.8 Å². The lowest BCUT2D eigenvalue weighted by Crippen LogP contribution is -2.14. The fourth-order valence-corrected chi connectivity index (χ4v) is 3.61. The number of anilines is 3. The molecule has 0 saturated carbocycles. The third kappa shape index (κ3) is 5.89. The molecule has 0 spiro atoms. The van der Waals surface area contributed by atoms with Gasteiger partial charge >= 0.3 is 0 Å². The first-order valence-corrected chi connectivity index (χ1v) is 10.5. The average Bonchev–Trinajstić information content (AvgIpc) is 3.16. The second-order valence-corrected chi connectivity index (χ2v) is 7.94. The van der Waals surface area contributed by atoms with Crippen molar-refractivity contribution in [2.75, 3.05) is 10.6 Å². The van der Waals surface area contributed by atoms with Gasteiger partial charge in [0.15, 0.2) is 11.0 Å². The van der Waals surface area contributed by atoms with Crippen LogP contribution in [0.15, 0.2) is 70.7 Å². The van der Waals surface area contributed by atoms with Gasteiger partial charge in [-0.15, -0.1) is 0 Å². The third-order valence-corrected chi connectivity index (χ3v) is 5.11. The SMILES string of the molecule is Cc1ccc(NC(=O)Cc2cc(Nc3nc(C)nc(Sc4ccccc4)n3)n[nH]2)cc1. The second-order valence-electron chi connectivity index (χ2n) is 6.90. The van der Waals surface area contributed by atoms with Crippen LogP contribution >= 0.6 is 11.8 Å². The zero-order valence-corrected chi connectivity index (χ0v) is 17.9. The van der Waals surface area contributed by atoms with Crippen molar-refractivity contribution in [3.63, 3.8) is 0 Å². The van der Waals surface area contributed by atoms with E-state index in [2.05, 4.69) is 35.8 Å². The molecule has 2 heterocycles. The van der Waals surface area contributed by atoms with Gasteiger partial charge in [0, 0.05) is 22.3 Å². The molecule has 0 saturated heterocycles. The maximum absolute atomic E-state index is 12.3. The highest BCUT2D eigenvalue weighted by atomic mass is 32.2. The van der Waals surface area contributed by atoms with Gasteiger partial charge < -0.3 is 10.6 Å². The van der Waals surface area contributed by atoms with Crippen LogP contribution in [0.4, 0.5) is 17.5 Å². The Balaban J connectivity index is 1.39. The Morgan fingerprint density at radius 2 is 1.77 bits per heavy atom. The average molecular weight is 432 g/mol.